The lowest BCUT2D eigenvalue weighted by atomic mass is 10.1. The van der Waals surface area contributed by atoms with E-state index in [0.717, 1.165) is 5.56 Å². The normalized spacial score (nSPS) is 17.5. The summed E-state index contributed by atoms with van der Waals surface area (Å²) >= 11 is 0. The molecule has 1 saturated heterocycles. The zero-order chi connectivity index (χ0) is 16.5. The molecule has 3 aromatic rings. The van der Waals surface area contributed by atoms with Crippen LogP contribution in [0.3, 0.4) is 0 Å². The summed E-state index contributed by atoms with van der Waals surface area (Å²) in [6.07, 6.45) is 0.299. The first kappa shape index (κ1) is 14.6. The minimum atomic E-state index is -0.327. The molecule has 0 saturated carbocycles. The average molecular weight is 323 g/mol. The Kier molecular flexibility index (Phi) is 3.57. The van der Waals surface area contributed by atoms with Crippen molar-refractivity contribution in [1.82, 2.24) is 10.1 Å². The van der Waals surface area contributed by atoms with Crippen molar-refractivity contribution in [2.75, 3.05) is 11.4 Å². The number of rotatable bonds is 3. The van der Waals surface area contributed by atoms with Gasteiger partial charge in [-0.1, -0.05) is 35.5 Å². The van der Waals surface area contributed by atoms with Gasteiger partial charge in [-0.05, 0) is 24.3 Å². The monoisotopic (exact) mass is 323 g/mol. The number of carbonyl (C=O) groups is 1. The first-order valence-electron chi connectivity index (χ1n) is 7.65. The lowest BCUT2D eigenvalue weighted by molar-refractivity contribution is -0.117. The number of carbonyl (C=O) groups excluding carboxylic acids is 1. The number of anilines is 1. The number of amides is 1. The zero-order valence-corrected chi connectivity index (χ0v) is 12.7. The van der Waals surface area contributed by atoms with Crippen LogP contribution < -0.4 is 4.90 Å². The van der Waals surface area contributed by atoms with Gasteiger partial charge in [-0.25, -0.2) is 4.39 Å². The van der Waals surface area contributed by atoms with E-state index in [1.54, 1.807) is 17.0 Å². The predicted molar refractivity (Wildman–Crippen MR) is 85.8 cm³/mol. The van der Waals surface area contributed by atoms with E-state index in [2.05, 4.69) is 10.1 Å². The lowest BCUT2D eigenvalue weighted by Gasteiger charge is -2.15. The molecule has 0 radical (unpaired) electrons. The highest BCUT2D eigenvalue weighted by Crippen LogP contribution is 2.31. The van der Waals surface area contributed by atoms with E-state index >= 15 is 0 Å². The molecule has 1 amide bonds. The van der Waals surface area contributed by atoms with Gasteiger partial charge in [-0.3, -0.25) is 4.79 Å². The topological polar surface area (TPSA) is 59.2 Å². The van der Waals surface area contributed by atoms with Crippen molar-refractivity contribution in [3.05, 3.63) is 66.3 Å². The van der Waals surface area contributed by atoms with Crippen molar-refractivity contribution in [1.29, 1.82) is 0 Å². The third-order valence-electron chi connectivity index (χ3n) is 4.09. The number of benzene rings is 2. The van der Waals surface area contributed by atoms with Crippen LogP contribution in [-0.2, 0) is 4.79 Å². The molecule has 0 aliphatic carbocycles. The van der Waals surface area contributed by atoms with Crippen molar-refractivity contribution in [3.8, 4) is 11.4 Å². The molecule has 1 aromatic heterocycles. The minimum absolute atomic E-state index is 0.0360. The molecule has 1 fully saturated rings. The van der Waals surface area contributed by atoms with Crippen LogP contribution in [0.4, 0.5) is 10.1 Å². The second-order valence-corrected chi connectivity index (χ2v) is 5.70. The van der Waals surface area contributed by atoms with Crippen LogP contribution in [0.1, 0.15) is 18.2 Å². The van der Waals surface area contributed by atoms with Gasteiger partial charge in [0, 0.05) is 24.2 Å². The Morgan fingerprint density at radius 3 is 2.58 bits per heavy atom. The van der Waals surface area contributed by atoms with Crippen molar-refractivity contribution >= 4 is 11.6 Å². The van der Waals surface area contributed by atoms with E-state index in [9.17, 15) is 9.18 Å². The molecule has 0 bridgehead atoms. The van der Waals surface area contributed by atoms with Crippen LogP contribution in [0.5, 0.6) is 0 Å². The van der Waals surface area contributed by atoms with Crippen LogP contribution in [0.2, 0.25) is 0 Å². The molecule has 24 heavy (non-hydrogen) atoms. The summed E-state index contributed by atoms with van der Waals surface area (Å²) in [5, 5.41) is 4.00. The SMILES string of the molecule is O=C1C[C@@H](c2nc(-c3ccccc3)no2)CN1c1ccc(F)cc1. The van der Waals surface area contributed by atoms with E-state index in [4.69, 9.17) is 4.52 Å². The highest BCUT2D eigenvalue weighted by molar-refractivity contribution is 5.96. The van der Waals surface area contributed by atoms with E-state index in [1.165, 1.54) is 12.1 Å². The minimum Gasteiger partial charge on any atom is -0.339 e. The van der Waals surface area contributed by atoms with Gasteiger partial charge in [-0.15, -0.1) is 0 Å². The van der Waals surface area contributed by atoms with Crippen molar-refractivity contribution < 1.29 is 13.7 Å². The fourth-order valence-corrected chi connectivity index (χ4v) is 2.85. The van der Waals surface area contributed by atoms with Gasteiger partial charge in [0.1, 0.15) is 5.82 Å². The van der Waals surface area contributed by atoms with Crippen molar-refractivity contribution in [2.45, 2.75) is 12.3 Å². The van der Waals surface area contributed by atoms with Gasteiger partial charge in [0.05, 0.1) is 5.92 Å². The number of hydrogen-bond donors (Lipinski definition) is 0. The quantitative estimate of drug-likeness (QED) is 0.741. The standard InChI is InChI=1S/C18H14FN3O2/c19-14-6-8-15(9-7-14)22-11-13(10-16(22)23)18-20-17(21-24-18)12-4-2-1-3-5-12/h1-9,13H,10-11H2/t13-/m1/s1. The molecular formula is C18H14FN3O2. The fourth-order valence-electron chi connectivity index (χ4n) is 2.85. The average Bonchev–Trinajstić information content (AvgIpc) is 3.23. The molecule has 4 rings (SSSR count). The van der Waals surface area contributed by atoms with E-state index in [-0.39, 0.29) is 17.6 Å². The lowest BCUT2D eigenvalue weighted by Crippen LogP contribution is -2.24. The smallest absolute Gasteiger partial charge is 0.232 e. The highest BCUT2D eigenvalue weighted by Gasteiger charge is 2.35. The summed E-state index contributed by atoms with van der Waals surface area (Å²) in [4.78, 5) is 18.3. The molecule has 0 unspecified atom stereocenters. The molecular weight excluding hydrogens is 309 g/mol. The van der Waals surface area contributed by atoms with Gasteiger partial charge < -0.3 is 9.42 Å². The molecule has 0 spiro atoms. The Labute approximate surface area is 137 Å². The predicted octanol–water partition coefficient (Wildman–Crippen LogP) is 3.40. The first-order chi connectivity index (χ1) is 11.7. The summed E-state index contributed by atoms with van der Waals surface area (Å²) in [5.41, 5.74) is 1.54. The molecule has 5 nitrogen and oxygen atoms in total. The molecule has 2 aromatic carbocycles. The third kappa shape index (κ3) is 2.67. The summed E-state index contributed by atoms with van der Waals surface area (Å²) in [6, 6.07) is 15.4. The Morgan fingerprint density at radius 1 is 1.08 bits per heavy atom. The van der Waals surface area contributed by atoms with Gasteiger partial charge in [0.15, 0.2) is 0 Å². The maximum atomic E-state index is 13.0. The van der Waals surface area contributed by atoms with E-state index < -0.39 is 0 Å². The van der Waals surface area contributed by atoms with Crippen LogP contribution in [-0.4, -0.2) is 22.6 Å². The van der Waals surface area contributed by atoms with E-state index in [1.807, 2.05) is 30.3 Å². The molecule has 0 N–H and O–H groups in total. The van der Waals surface area contributed by atoms with Gasteiger partial charge in [0.2, 0.25) is 17.6 Å². The van der Waals surface area contributed by atoms with Crippen LogP contribution in [0, 0.1) is 5.82 Å². The second-order valence-electron chi connectivity index (χ2n) is 5.70. The van der Waals surface area contributed by atoms with Crippen LogP contribution in [0.25, 0.3) is 11.4 Å². The Bertz CT molecular complexity index is 861. The maximum Gasteiger partial charge on any atom is 0.232 e. The molecule has 1 aliphatic heterocycles. The summed E-state index contributed by atoms with van der Waals surface area (Å²) in [5.74, 6) is 0.440. The Hall–Kier alpha value is -3.02. The fraction of sp³-hybridized carbons (Fsp3) is 0.167. The first-order valence-corrected chi connectivity index (χ1v) is 7.65. The van der Waals surface area contributed by atoms with Gasteiger partial charge >= 0.3 is 0 Å². The van der Waals surface area contributed by atoms with Crippen molar-refractivity contribution in [3.63, 3.8) is 0 Å². The number of hydrogen-bond acceptors (Lipinski definition) is 4. The second kappa shape index (κ2) is 5.88. The summed E-state index contributed by atoms with van der Waals surface area (Å²) in [7, 11) is 0. The maximum absolute atomic E-state index is 13.0. The highest BCUT2D eigenvalue weighted by atomic mass is 19.1. The molecule has 2 heterocycles. The molecule has 1 aliphatic rings. The zero-order valence-electron chi connectivity index (χ0n) is 12.7. The van der Waals surface area contributed by atoms with Crippen LogP contribution >= 0.6 is 0 Å². The Balaban J connectivity index is 1.55. The summed E-state index contributed by atoms with van der Waals surface area (Å²) < 4.78 is 18.4. The molecule has 1 atom stereocenters. The molecule has 6 heteroatoms. The third-order valence-corrected chi connectivity index (χ3v) is 4.09. The van der Waals surface area contributed by atoms with Crippen LogP contribution in [0.15, 0.2) is 59.1 Å². The van der Waals surface area contributed by atoms with E-state index in [0.29, 0.717) is 30.4 Å². The van der Waals surface area contributed by atoms with Gasteiger partial charge in [-0.2, -0.15) is 4.98 Å². The van der Waals surface area contributed by atoms with Crippen molar-refractivity contribution in [2.24, 2.45) is 0 Å². The number of nitrogens with zero attached hydrogens (tertiary/aromatic N) is 3. The number of aromatic nitrogens is 2. The number of halogens is 1. The Morgan fingerprint density at radius 2 is 1.83 bits per heavy atom. The van der Waals surface area contributed by atoms with Gasteiger partial charge in [0.25, 0.3) is 0 Å². The molecule has 120 valence electrons. The largest absolute Gasteiger partial charge is 0.339 e. The summed E-state index contributed by atoms with van der Waals surface area (Å²) in [6.45, 7) is 0.445.